The Labute approximate surface area is 159 Å². The Bertz CT molecular complexity index is 976. The van der Waals surface area contributed by atoms with Gasteiger partial charge in [0.25, 0.3) is 5.91 Å². The van der Waals surface area contributed by atoms with Crippen LogP contribution < -0.4 is 0 Å². The first kappa shape index (κ1) is 16.5. The summed E-state index contributed by atoms with van der Waals surface area (Å²) in [6, 6.07) is 11.8. The van der Waals surface area contributed by atoms with Crippen molar-refractivity contribution in [2.24, 2.45) is 10.4 Å². The van der Waals surface area contributed by atoms with Gasteiger partial charge in [-0.1, -0.05) is 26.0 Å². The molecule has 0 spiro atoms. The first-order valence-corrected chi connectivity index (χ1v) is 9.74. The number of benzene rings is 2. The van der Waals surface area contributed by atoms with E-state index in [-0.39, 0.29) is 17.4 Å². The average molecular weight is 360 g/mol. The van der Waals surface area contributed by atoms with Gasteiger partial charge in [0.2, 0.25) is 0 Å². The highest BCUT2D eigenvalue weighted by Gasteiger charge is 2.50. The van der Waals surface area contributed by atoms with Crippen LogP contribution in [0.3, 0.4) is 0 Å². The van der Waals surface area contributed by atoms with E-state index in [1.807, 2.05) is 35.4 Å². The fourth-order valence-corrected chi connectivity index (χ4v) is 5.35. The number of amides is 1. The zero-order chi connectivity index (χ0) is 18.8. The highest BCUT2D eigenvalue weighted by molar-refractivity contribution is 5.96. The summed E-state index contributed by atoms with van der Waals surface area (Å²) in [5.41, 5.74) is 5.11. The summed E-state index contributed by atoms with van der Waals surface area (Å²) in [5.74, 6) is 0.831. The molecule has 1 amide bonds. The van der Waals surface area contributed by atoms with E-state index in [0.717, 1.165) is 41.8 Å². The first-order valence-electron chi connectivity index (χ1n) is 9.74. The Morgan fingerprint density at radius 3 is 2.96 bits per heavy atom. The van der Waals surface area contributed by atoms with Gasteiger partial charge in [0.15, 0.2) is 0 Å². The van der Waals surface area contributed by atoms with Crippen molar-refractivity contribution in [2.45, 2.75) is 45.1 Å². The third-order valence-electron chi connectivity index (χ3n) is 6.88. The molecule has 27 heavy (non-hydrogen) atoms. The minimum atomic E-state index is -0.0193. The van der Waals surface area contributed by atoms with Crippen LogP contribution in [0.1, 0.15) is 53.2 Å². The van der Waals surface area contributed by atoms with Gasteiger partial charge in [-0.15, -0.1) is 0 Å². The number of hydrogen-bond donors (Lipinski definition) is 1. The van der Waals surface area contributed by atoms with Gasteiger partial charge in [-0.25, -0.2) is 0 Å². The molecule has 3 aliphatic rings. The molecule has 5 rings (SSSR count). The van der Waals surface area contributed by atoms with Gasteiger partial charge in [-0.05, 0) is 65.1 Å². The van der Waals surface area contributed by atoms with Crippen LogP contribution >= 0.6 is 0 Å². The van der Waals surface area contributed by atoms with Crippen molar-refractivity contribution in [1.29, 1.82) is 0 Å². The number of piperidine rings is 1. The molecule has 2 heterocycles. The van der Waals surface area contributed by atoms with Gasteiger partial charge in [-0.3, -0.25) is 9.79 Å². The summed E-state index contributed by atoms with van der Waals surface area (Å²) < 4.78 is 0. The number of fused-ring (bicyclic) bond motifs is 5. The maximum atomic E-state index is 13.4. The zero-order valence-corrected chi connectivity index (χ0v) is 15.8. The quantitative estimate of drug-likeness (QED) is 0.827. The summed E-state index contributed by atoms with van der Waals surface area (Å²) in [4.78, 5) is 19.8. The smallest absolute Gasteiger partial charge is 0.254 e. The van der Waals surface area contributed by atoms with Gasteiger partial charge < -0.3 is 10.0 Å². The van der Waals surface area contributed by atoms with E-state index in [1.54, 1.807) is 6.07 Å². The number of likely N-dealkylation sites (tertiary alicyclic amines) is 1. The lowest BCUT2D eigenvalue weighted by Gasteiger charge is -2.55. The maximum Gasteiger partial charge on any atom is 0.254 e. The van der Waals surface area contributed by atoms with Gasteiger partial charge in [-0.2, -0.15) is 0 Å². The van der Waals surface area contributed by atoms with Crippen molar-refractivity contribution in [3.63, 3.8) is 0 Å². The van der Waals surface area contributed by atoms with Crippen LogP contribution in [0.4, 0.5) is 5.69 Å². The number of aromatic hydroxyl groups is 1. The fourth-order valence-electron chi connectivity index (χ4n) is 5.35. The van der Waals surface area contributed by atoms with E-state index in [2.05, 4.69) is 24.9 Å². The summed E-state index contributed by atoms with van der Waals surface area (Å²) in [6.45, 7) is 5.30. The Morgan fingerprint density at radius 1 is 1.26 bits per heavy atom. The van der Waals surface area contributed by atoms with Crippen molar-refractivity contribution in [3.05, 3.63) is 58.7 Å². The van der Waals surface area contributed by atoms with E-state index in [0.29, 0.717) is 18.1 Å². The highest BCUT2D eigenvalue weighted by atomic mass is 16.3. The molecule has 1 aliphatic carbocycles. The summed E-state index contributed by atoms with van der Waals surface area (Å²) in [7, 11) is 0. The molecule has 0 saturated carbocycles. The number of carbonyl (C=O) groups is 1. The molecule has 1 saturated heterocycles. The Morgan fingerprint density at radius 2 is 2.11 bits per heavy atom. The molecule has 2 aromatic carbocycles. The number of nitrogens with zero attached hydrogens (tertiary/aromatic N) is 2. The highest BCUT2D eigenvalue weighted by Crippen LogP contribution is 2.53. The van der Waals surface area contributed by atoms with Crippen molar-refractivity contribution >= 4 is 17.8 Å². The van der Waals surface area contributed by atoms with Gasteiger partial charge >= 0.3 is 0 Å². The molecule has 2 unspecified atom stereocenters. The van der Waals surface area contributed by atoms with Crippen LogP contribution in [0.25, 0.3) is 0 Å². The minimum absolute atomic E-state index is 0.0193. The number of hydrogen-bond acceptors (Lipinski definition) is 3. The van der Waals surface area contributed by atoms with Crippen LogP contribution in [-0.4, -0.2) is 34.7 Å². The molecule has 1 fully saturated rings. The van der Waals surface area contributed by atoms with E-state index in [4.69, 9.17) is 0 Å². The zero-order valence-electron chi connectivity index (χ0n) is 15.8. The molecule has 2 bridgehead atoms. The molecular formula is C23H24N2O2. The molecule has 2 aromatic rings. The number of phenols is 1. The molecule has 2 aliphatic heterocycles. The molecule has 2 atom stereocenters. The minimum Gasteiger partial charge on any atom is -0.508 e. The lowest BCUT2D eigenvalue weighted by atomic mass is 9.59. The second-order valence-corrected chi connectivity index (χ2v) is 8.59. The van der Waals surface area contributed by atoms with Crippen LogP contribution in [0.5, 0.6) is 5.75 Å². The number of rotatable bonds is 1. The van der Waals surface area contributed by atoms with Crippen molar-refractivity contribution in [2.75, 3.05) is 6.54 Å². The van der Waals surface area contributed by atoms with Gasteiger partial charge in [0.05, 0.1) is 5.69 Å². The van der Waals surface area contributed by atoms with Crippen molar-refractivity contribution < 1.29 is 9.90 Å². The number of carbonyl (C=O) groups excluding carboxylic acids is 1. The van der Waals surface area contributed by atoms with Crippen molar-refractivity contribution in [1.82, 2.24) is 4.90 Å². The lowest BCUT2D eigenvalue weighted by Crippen LogP contribution is -2.58. The SMILES string of the molecule is CC1(C)C2CCN(C(=O)c3ccc4c(c3)CC=N4)C1Cc1c(O)cccc12. The van der Waals surface area contributed by atoms with Crippen LogP contribution in [0, 0.1) is 5.41 Å². The summed E-state index contributed by atoms with van der Waals surface area (Å²) >= 11 is 0. The van der Waals surface area contributed by atoms with Crippen molar-refractivity contribution in [3.8, 4) is 5.75 Å². The second-order valence-electron chi connectivity index (χ2n) is 8.59. The monoisotopic (exact) mass is 360 g/mol. The second kappa shape index (κ2) is 5.69. The van der Waals surface area contributed by atoms with E-state index in [9.17, 15) is 9.90 Å². The topological polar surface area (TPSA) is 52.9 Å². The normalized spacial score (nSPS) is 24.4. The third kappa shape index (κ3) is 2.35. The predicted molar refractivity (Wildman–Crippen MR) is 106 cm³/mol. The van der Waals surface area contributed by atoms with Crippen LogP contribution in [0.2, 0.25) is 0 Å². The average Bonchev–Trinajstić information content (AvgIpc) is 3.09. The fraction of sp³-hybridized carbons (Fsp3) is 0.391. The number of phenolic OH excluding ortho intramolecular Hbond substituents is 1. The van der Waals surface area contributed by atoms with E-state index >= 15 is 0 Å². The first-order chi connectivity index (χ1) is 13.0. The molecule has 138 valence electrons. The lowest BCUT2D eigenvalue weighted by molar-refractivity contribution is 0.00993. The molecule has 0 aromatic heterocycles. The molecule has 4 heteroatoms. The Hall–Kier alpha value is -2.62. The van der Waals surface area contributed by atoms with Gasteiger partial charge in [0, 0.05) is 30.8 Å². The van der Waals surface area contributed by atoms with E-state index < -0.39 is 0 Å². The van der Waals surface area contributed by atoms with E-state index in [1.165, 1.54) is 5.56 Å². The molecular weight excluding hydrogens is 336 g/mol. The van der Waals surface area contributed by atoms with Crippen LogP contribution in [0.15, 0.2) is 41.4 Å². The molecule has 1 N–H and O–H groups in total. The largest absolute Gasteiger partial charge is 0.508 e. The number of aliphatic imine (C=N–C) groups is 1. The van der Waals surface area contributed by atoms with Gasteiger partial charge in [0.1, 0.15) is 5.75 Å². The maximum absolute atomic E-state index is 13.4. The standard InChI is InChI=1S/C23H24N2O2/c1-23(2)18-9-11-25(21(23)13-17-16(18)4-3-5-20(17)26)22(27)15-6-7-19-14(12-15)8-10-24-19/h3-7,10,12,18,21,26H,8-9,11,13H2,1-2H3. The summed E-state index contributed by atoms with van der Waals surface area (Å²) in [5, 5.41) is 10.4. The Kier molecular flexibility index (Phi) is 3.48. The summed E-state index contributed by atoms with van der Waals surface area (Å²) in [6.07, 6.45) is 4.34. The van der Waals surface area contributed by atoms with Crippen LogP contribution in [-0.2, 0) is 12.8 Å². The molecule has 0 radical (unpaired) electrons. The Balaban J connectivity index is 1.52. The third-order valence-corrected chi connectivity index (χ3v) is 6.88. The predicted octanol–water partition coefficient (Wildman–Crippen LogP) is 4.23. The molecule has 4 nitrogen and oxygen atoms in total.